The Morgan fingerprint density at radius 2 is 1.91 bits per heavy atom. The summed E-state index contributed by atoms with van der Waals surface area (Å²) in [6, 6.07) is 13.4. The lowest BCUT2D eigenvalue weighted by molar-refractivity contribution is 0.0956. The molecule has 1 amide bonds. The van der Waals surface area contributed by atoms with Gasteiger partial charge in [0.1, 0.15) is 5.01 Å². The number of likely N-dealkylation sites (N-methyl/N-ethyl adjacent to an activating group) is 1. The number of halogens is 1. The molecular formula is C26H27ClN6OS. The van der Waals surface area contributed by atoms with E-state index in [0.717, 1.165) is 65.5 Å². The van der Waals surface area contributed by atoms with E-state index in [1.54, 1.807) is 29.7 Å². The van der Waals surface area contributed by atoms with Crippen LogP contribution in [0.5, 0.6) is 0 Å². The van der Waals surface area contributed by atoms with Gasteiger partial charge in [0.2, 0.25) is 0 Å². The van der Waals surface area contributed by atoms with E-state index in [4.69, 9.17) is 16.6 Å². The fraction of sp³-hybridized carbons (Fsp3) is 0.269. The number of amides is 1. The summed E-state index contributed by atoms with van der Waals surface area (Å²) in [6.07, 6.45) is 3.44. The van der Waals surface area contributed by atoms with Crippen LogP contribution in [0.15, 0.2) is 59.1 Å². The van der Waals surface area contributed by atoms with E-state index >= 15 is 0 Å². The van der Waals surface area contributed by atoms with Gasteiger partial charge in [-0.2, -0.15) is 5.10 Å². The fourth-order valence-electron chi connectivity index (χ4n) is 4.23. The molecule has 1 saturated heterocycles. The number of hydrazone groups is 1. The number of rotatable bonds is 6. The maximum absolute atomic E-state index is 12.9. The molecule has 1 N–H and O–H groups in total. The maximum Gasteiger partial charge on any atom is 0.273 e. The van der Waals surface area contributed by atoms with Crippen molar-refractivity contribution in [2.24, 2.45) is 12.1 Å². The van der Waals surface area contributed by atoms with E-state index in [0.29, 0.717) is 10.6 Å². The summed E-state index contributed by atoms with van der Waals surface area (Å²) in [5.74, 6) is -0.257. The number of piperazine rings is 1. The molecule has 1 aliphatic heterocycles. The largest absolute Gasteiger partial charge is 0.350 e. The Bertz CT molecular complexity index is 1370. The average molecular weight is 507 g/mol. The van der Waals surface area contributed by atoms with Crippen molar-refractivity contribution in [3.63, 3.8) is 0 Å². The standard InChI is InChI=1S/C26H27ClN6OS/c1-31-9-11-33(12-10-31)15-21-17-35-26(29-21)19-5-8-24-22(13-19)23(16-32(24)2)25(34)30-28-14-18-3-6-20(27)7-4-18/h3-8,13-14,16-17H,9-12,15H2,1-2H3,(H,30,34). The number of carbonyl (C=O) groups excluding carboxylic acids is 1. The van der Waals surface area contributed by atoms with Crippen LogP contribution in [0.3, 0.4) is 0 Å². The third-order valence-electron chi connectivity index (χ3n) is 6.26. The number of hydrogen-bond acceptors (Lipinski definition) is 6. The van der Waals surface area contributed by atoms with E-state index in [-0.39, 0.29) is 5.91 Å². The molecule has 0 atom stereocenters. The van der Waals surface area contributed by atoms with Crippen LogP contribution in [0.2, 0.25) is 5.02 Å². The van der Waals surface area contributed by atoms with Crippen LogP contribution < -0.4 is 5.43 Å². The SMILES string of the molecule is CN1CCN(Cc2csc(-c3ccc4c(c3)c(C(=O)NN=Cc3ccc(Cl)cc3)cn4C)n2)CC1. The Morgan fingerprint density at radius 1 is 1.14 bits per heavy atom. The molecule has 5 rings (SSSR count). The number of thiazole rings is 1. The Labute approximate surface area is 213 Å². The second kappa shape index (κ2) is 10.3. The molecule has 0 unspecified atom stereocenters. The lowest BCUT2D eigenvalue weighted by Gasteiger charge is -2.31. The zero-order valence-electron chi connectivity index (χ0n) is 19.7. The summed E-state index contributed by atoms with van der Waals surface area (Å²) in [7, 11) is 4.10. The van der Waals surface area contributed by atoms with Crippen LogP contribution in [-0.2, 0) is 13.6 Å². The molecule has 1 fully saturated rings. The van der Waals surface area contributed by atoms with Crippen molar-refractivity contribution in [2.45, 2.75) is 6.54 Å². The van der Waals surface area contributed by atoms with Crippen LogP contribution in [0, 0.1) is 0 Å². The molecule has 0 aliphatic carbocycles. The smallest absolute Gasteiger partial charge is 0.273 e. The highest BCUT2D eigenvalue weighted by molar-refractivity contribution is 7.13. The van der Waals surface area contributed by atoms with Gasteiger partial charge in [-0.3, -0.25) is 9.69 Å². The summed E-state index contributed by atoms with van der Waals surface area (Å²) in [4.78, 5) is 22.6. The zero-order chi connectivity index (χ0) is 24.4. The quantitative estimate of drug-likeness (QED) is 0.309. The van der Waals surface area contributed by atoms with Gasteiger partial charge in [0.05, 0.1) is 17.5 Å². The van der Waals surface area contributed by atoms with Gasteiger partial charge < -0.3 is 9.47 Å². The molecule has 3 heterocycles. The van der Waals surface area contributed by atoms with E-state index in [1.807, 2.05) is 42.1 Å². The molecule has 0 spiro atoms. The predicted octanol–water partition coefficient (Wildman–Crippen LogP) is 4.47. The number of nitrogens with zero attached hydrogens (tertiary/aromatic N) is 5. The minimum absolute atomic E-state index is 0.257. The summed E-state index contributed by atoms with van der Waals surface area (Å²) in [6.45, 7) is 5.19. The van der Waals surface area contributed by atoms with Gasteiger partial charge in [0, 0.05) is 72.8 Å². The molecule has 4 aromatic rings. The molecule has 35 heavy (non-hydrogen) atoms. The third-order valence-corrected chi connectivity index (χ3v) is 7.46. The van der Waals surface area contributed by atoms with Crippen LogP contribution in [-0.4, -0.2) is 64.7 Å². The number of carbonyl (C=O) groups is 1. The van der Waals surface area contributed by atoms with Crippen molar-refractivity contribution in [3.8, 4) is 10.6 Å². The second-order valence-electron chi connectivity index (χ2n) is 8.86. The number of benzene rings is 2. The number of nitrogens with one attached hydrogen (secondary N) is 1. The van der Waals surface area contributed by atoms with Crippen molar-refractivity contribution in [2.75, 3.05) is 33.2 Å². The highest BCUT2D eigenvalue weighted by Crippen LogP contribution is 2.30. The number of aryl methyl sites for hydroxylation is 1. The molecule has 180 valence electrons. The molecule has 1 aliphatic rings. The predicted molar refractivity (Wildman–Crippen MR) is 143 cm³/mol. The van der Waals surface area contributed by atoms with Crippen molar-refractivity contribution in [3.05, 3.63) is 75.9 Å². The molecule has 2 aromatic carbocycles. The summed E-state index contributed by atoms with van der Waals surface area (Å²) >= 11 is 7.56. The maximum atomic E-state index is 12.9. The fourth-order valence-corrected chi connectivity index (χ4v) is 5.16. The number of aromatic nitrogens is 2. The van der Waals surface area contributed by atoms with Crippen LogP contribution in [0.1, 0.15) is 21.6 Å². The highest BCUT2D eigenvalue weighted by atomic mass is 35.5. The number of fused-ring (bicyclic) bond motifs is 1. The van der Waals surface area contributed by atoms with Gasteiger partial charge in [0.15, 0.2) is 0 Å². The van der Waals surface area contributed by atoms with E-state index < -0.39 is 0 Å². The Hall–Kier alpha value is -3.04. The van der Waals surface area contributed by atoms with Gasteiger partial charge in [-0.15, -0.1) is 11.3 Å². The minimum atomic E-state index is -0.257. The lowest BCUT2D eigenvalue weighted by atomic mass is 10.1. The summed E-state index contributed by atoms with van der Waals surface area (Å²) < 4.78 is 1.96. The Kier molecular flexibility index (Phi) is 6.97. The topological polar surface area (TPSA) is 65.8 Å². The third kappa shape index (κ3) is 5.46. The lowest BCUT2D eigenvalue weighted by Crippen LogP contribution is -2.43. The average Bonchev–Trinajstić information content (AvgIpc) is 3.46. The molecule has 2 aromatic heterocycles. The monoisotopic (exact) mass is 506 g/mol. The highest BCUT2D eigenvalue weighted by Gasteiger charge is 2.17. The number of hydrogen-bond donors (Lipinski definition) is 1. The van der Waals surface area contributed by atoms with Crippen molar-refractivity contribution < 1.29 is 4.79 Å². The van der Waals surface area contributed by atoms with Crippen molar-refractivity contribution in [1.29, 1.82) is 0 Å². The van der Waals surface area contributed by atoms with Gasteiger partial charge >= 0.3 is 0 Å². The molecular weight excluding hydrogens is 480 g/mol. The van der Waals surface area contributed by atoms with Crippen LogP contribution in [0.25, 0.3) is 21.5 Å². The molecule has 0 bridgehead atoms. The first-order valence-electron chi connectivity index (χ1n) is 11.5. The summed E-state index contributed by atoms with van der Waals surface area (Å²) in [5, 5.41) is 8.75. The Morgan fingerprint density at radius 3 is 2.69 bits per heavy atom. The summed E-state index contributed by atoms with van der Waals surface area (Å²) in [5.41, 5.74) is 7.16. The van der Waals surface area contributed by atoms with Crippen molar-refractivity contribution >= 4 is 46.0 Å². The normalized spacial score (nSPS) is 15.3. The second-order valence-corrected chi connectivity index (χ2v) is 10.2. The minimum Gasteiger partial charge on any atom is -0.350 e. The van der Waals surface area contributed by atoms with Gasteiger partial charge in [-0.05, 0) is 42.9 Å². The molecule has 0 radical (unpaired) electrons. The van der Waals surface area contributed by atoms with E-state index in [9.17, 15) is 4.79 Å². The Balaban J connectivity index is 1.33. The van der Waals surface area contributed by atoms with Gasteiger partial charge in [-0.1, -0.05) is 23.7 Å². The molecule has 9 heteroatoms. The van der Waals surface area contributed by atoms with Gasteiger partial charge in [0.25, 0.3) is 5.91 Å². The van der Waals surface area contributed by atoms with Crippen molar-refractivity contribution in [1.82, 2.24) is 24.8 Å². The van der Waals surface area contributed by atoms with Crippen LogP contribution in [0.4, 0.5) is 0 Å². The van der Waals surface area contributed by atoms with E-state index in [2.05, 4.69) is 38.8 Å². The molecule has 0 saturated carbocycles. The van der Waals surface area contributed by atoms with Crippen LogP contribution >= 0.6 is 22.9 Å². The first kappa shape index (κ1) is 23.7. The first-order chi connectivity index (χ1) is 17.0. The first-order valence-corrected chi connectivity index (χ1v) is 12.8. The van der Waals surface area contributed by atoms with Gasteiger partial charge in [-0.25, -0.2) is 10.4 Å². The zero-order valence-corrected chi connectivity index (χ0v) is 21.3. The molecule has 7 nitrogen and oxygen atoms in total. The van der Waals surface area contributed by atoms with E-state index in [1.165, 1.54) is 0 Å².